The first-order chi connectivity index (χ1) is 12.3. The molecule has 8 heteroatoms. The minimum Gasteiger partial charge on any atom is -0.335 e. The molecule has 8 nitrogen and oxygen atoms in total. The normalized spacial score (nSPS) is 20.5. The largest absolute Gasteiger partial charge is 0.335 e. The monoisotopic (exact) mass is 338 g/mol. The Balaban J connectivity index is 1.50. The molecule has 1 saturated heterocycles. The topological polar surface area (TPSA) is 100 Å². The standard InChI is InChI=1S/C17H22N8/c18-10-12-3-1-7-24(12)17-20-16(14-4-2-8-25(14)23-17)19-15-9-13(21-22-15)11-5-6-11/h2,4,8-9,11-12H,1,3,5-7,10,18H2,(H2,19,20,21,22,23)/t12-/m0/s1. The molecule has 0 spiro atoms. The molecule has 0 amide bonds. The van der Waals surface area contributed by atoms with Crippen molar-refractivity contribution in [1.29, 1.82) is 0 Å². The number of aromatic nitrogens is 5. The molecular formula is C17H22N8. The van der Waals surface area contributed by atoms with E-state index in [1.54, 1.807) is 0 Å². The Labute approximate surface area is 145 Å². The number of fused-ring (bicyclic) bond motifs is 1. The molecule has 1 atom stereocenters. The van der Waals surface area contributed by atoms with Gasteiger partial charge in [-0.25, -0.2) is 4.52 Å². The van der Waals surface area contributed by atoms with E-state index in [4.69, 9.17) is 10.7 Å². The maximum absolute atomic E-state index is 5.92. The second kappa shape index (κ2) is 5.73. The Morgan fingerprint density at radius 2 is 2.24 bits per heavy atom. The van der Waals surface area contributed by atoms with Gasteiger partial charge in [0.25, 0.3) is 0 Å². The highest BCUT2D eigenvalue weighted by Crippen LogP contribution is 2.39. The van der Waals surface area contributed by atoms with E-state index in [0.717, 1.165) is 42.5 Å². The van der Waals surface area contributed by atoms with Crippen molar-refractivity contribution < 1.29 is 0 Å². The van der Waals surface area contributed by atoms with Crippen LogP contribution in [0.25, 0.3) is 5.52 Å². The van der Waals surface area contributed by atoms with Crippen LogP contribution < -0.4 is 16.0 Å². The summed E-state index contributed by atoms with van der Waals surface area (Å²) < 4.78 is 1.87. The van der Waals surface area contributed by atoms with E-state index in [2.05, 4.69) is 31.6 Å². The van der Waals surface area contributed by atoms with Gasteiger partial charge in [0.2, 0.25) is 5.95 Å². The zero-order chi connectivity index (χ0) is 16.8. The van der Waals surface area contributed by atoms with Crippen LogP contribution in [-0.4, -0.2) is 43.9 Å². The van der Waals surface area contributed by atoms with Crippen LogP contribution >= 0.6 is 0 Å². The smallest absolute Gasteiger partial charge is 0.245 e. The molecule has 3 aromatic heterocycles. The van der Waals surface area contributed by atoms with Gasteiger partial charge in [0.1, 0.15) is 5.52 Å². The molecule has 25 heavy (non-hydrogen) atoms. The van der Waals surface area contributed by atoms with E-state index < -0.39 is 0 Å². The Morgan fingerprint density at radius 1 is 1.32 bits per heavy atom. The third kappa shape index (κ3) is 2.62. The lowest BCUT2D eigenvalue weighted by atomic mass is 10.2. The fourth-order valence-electron chi connectivity index (χ4n) is 3.61. The Morgan fingerprint density at radius 3 is 3.08 bits per heavy atom. The first kappa shape index (κ1) is 14.7. The maximum atomic E-state index is 5.92. The SMILES string of the molecule is NC[C@@H]1CCCN1c1nc(Nc2cc(C3CC3)[nH]n2)c2cccn2n1. The van der Waals surface area contributed by atoms with Crippen molar-refractivity contribution in [2.75, 3.05) is 23.3 Å². The van der Waals surface area contributed by atoms with Crippen molar-refractivity contribution in [3.63, 3.8) is 0 Å². The molecule has 1 aliphatic heterocycles. The number of rotatable bonds is 5. The van der Waals surface area contributed by atoms with Gasteiger partial charge < -0.3 is 16.0 Å². The summed E-state index contributed by atoms with van der Waals surface area (Å²) in [4.78, 5) is 7.00. The van der Waals surface area contributed by atoms with Crippen molar-refractivity contribution >= 4 is 23.1 Å². The first-order valence-electron chi connectivity index (χ1n) is 8.96. The van der Waals surface area contributed by atoms with Gasteiger partial charge in [-0.1, -0.05) is 0 Å². The van der Waals surface area contributed by atoms with Crippen molar-refractivity contribution in [2.24, 2.45) is 5.73 Å². The van der Waals surface area contributed by atoms with Crippen LogP contribution in [0.3, 0.4) is 0 Å². The van der Waals surface area contributed by atoms with E-state index in [-0.39, 0.29) is 0 Å². The minimum absolute atomic E-state index is 0.313. The van der Waals surface area contributed by atoms with Crippen LogP contribution in [0.1, 0.15) is 37.3 Å². The maximum Gasteiger partial charge on any atom is 0.245 e. The molecule has 1 aliphatic carbocycles. The van der Waals surface area contributed by atoms with Gasteiger partial charge >= 0.3 is 0 Å². The third-order valence-corrected chi connectivity index (χ3v) is 5.15. The van der Waals surface area contributed by atoms with E-state index >= 15 is 0 Å². The minimum atomic E-state index is 0.313. The zero-order valence-electron chi connectivity index (χ0n) is 14.0. The number of nitrogens with zero attached hydrogens (tertiary/aromatic N) is 5. The summed E-state index contributed by atoms with van der Waals surface area (Å²) in [5, 5.41) is 15.5. The highest BCUT2D eigenvalue weighted by atomic mass is 15.4. The fourth-order valence-corrected chi connectivity index (χ4v) is 3.61. The number of anilines is 3. The molecule has 4 N–H and O–H groups in total. The molecule has 4 heterocycles. The molecule has 2 aliphatic rings. The van der Waals surface area contributed by atoms with E-state index in [1.165, 1.54) is 18.5 Å². The fraction of sp³-hybridized carbons (Fsp3) is 0.471. The number of nitrogens with one attached hydrogen (secondary N) is 2. The van der Waals surface area contributed by atoms with Gasteiger partial charge in [-0.05, 0) is 37.8 Å². The number of H-pyrrole nitrogens is 1. The molecule has 5 rings (SSSR count). The highest BCUT2D eigenvalue weighted by molar-refractivity contribution is 5.73. The molecule has 0 radical (unpaired) electrons. The van der Waals surface area contributed by atoms with Gasteiger partial charge in [-0.2, -0.15) is 10.1 Å². The average Bonchev–Trinajstić information content (AvgIpc) is 3.05. The second-order valence-corrected chi connectivity index (χ2v) is 6.93. The van der Waals surface area contributed by atoms with Crippen LogP contribution in [0.2, 0.25) is 0 Å². The lowest BCUT2D eigenvalue weighted by molar-refractivity contribution is 0.657. The van der Waals surface area contributed by atoms with Crippen molar-refractivity contribution in [3.8, 4) is 0 Å². The summed E-state index contributed by atoms with van der Waals surface area (Å²) in [6.07, 6.45) is 6.66. The summed E-state index contributed by atoms with van der Waals surface area (Å²) in [6, 6.07) is 6.37. The number of hydrogen-bond acceptors (Lipinski definition) is 6. The summed E-state index contributed by atoms with van der Waals surface area (Å²) >= 11 is 0. The van der Waals surface area contributed by atoms with Gasteiger partial charge in [0, 0.05) is 43.0 Å². The molecule has 2 fully saturated rings. The van der Waals surface area contributed by atoms with Crippen molar-refractivity contribution in [3.05, 3.63) is 30.1 Å². The molecular weight excluding hydrogens is 316 g/mol. The second-order valence-electron chi connectivity index (χ2n) is 6.93. The zero-order valence-corrected chi connectivity index (χ0v) is 14.0. The summed E-state index contributed by atoms with van der Waals surface area (Å²) in [5.74, 6) is 2.93. The Hall–Kier alpha value is -2.61. The first-order valence-corrected chi connectivity index (χ1v) is 8.96. The lowest BCUT2D eigenvalue weighted by Gasteiger charge is -2.23. The van der Waals surface area contributed by atoms with Crippen LogP contribution in [0.15, 0.2) is 24.4 Å². The van der Waals surface area contributed by atoms with Crippen LogP contribution in [0.4, 0.5) is 17.6 Å². The molecule has 130 valence electrons. The molecule has 0 bridgehead atoms. The predicted octanol–water partition coefficient (Wildman–Crippen LogP) is 2.00. The van der Waals surface area contributed by atoms with Crippen molar-refractivity contribution in [2.45, 2.75) is 37.6 Å². The molecule has 0 unspecified atom stereocenters. The van der Waals surface area contributed by atoms with Gasteiger partial charge in [-0.3, -0.25) is 5.10 Å². The van der Waals surface area contributed by atoms with Gasteiger partial charge in [-0.15, -0.1) is 5.10 Å². The van der Waals surface area contributed by atoms with Crippen LogP contribution in [0, 0.1) is 0 Å². The Kier molecular flexibility index (Phi) is 3.37. The van der Waals surface area contributed by atoms with Crippen LogP contribution in [0.5, 0.6) is 0 Å². The molecule has 1 saturated carbocycles. The Bertz CT molecular complexity index is 893. The molecule has 3 aromatic rings. The van der Waals surface area contributed by atoms with Gasteiger partial charge in [0.15, 0.2) is 11.6 Å². The molecule has 0 aromatic carbocycles. The average molecular weight is 338 g/mol. The van der Waals surface area contributed by atoms with Crippen LogP contribution in [-0.2, 0) is 0 Å². The van der Waals surface area contributed by atoms with E-state index in [0.29, 0.717) is 18.5 Å². The predicted molar refractivity (Wildman–Crippen MR) is 96.3 cm³/mol. The summed E-state index contributed by atoms with van der Waals surface area (Å²) in [6.45, 7) is 1.57. The summed E-state index contributed by atoms with van der Waals surface area (Å²) in [7, 11) is 0. The lowest BCUT2D eigenvalue weighted by Crippen LogP contribution is -2.36. The summed E-state index contributed by atoms with van der Waals surface area (Å²) in [5.41, 5.74) is 8.05. The highest BCUT2D eigenvalue weighted by Gasteiger charge is 2.27. The number of hydrogen-bond donors (Lipinski definition) is 3. The van der Waals surface area contributed by atoms with E-state index in [9.17, 15) is 0 Å². The quantitative estimate of drug-likeness (QED) is 0.658. The van der Waals surface area contributed by atoms with Gasteiger partial charge in [0.05, 0.1) is 0 Å². The third-order valence-electron chi connectivity index (χ3n) is 5.15. The number of aromatic amines is 1. The number of nitrogens with two attached hydrogens (primary N) is 1. The van der Waals surface area contributed by atoms with Crippen molar-refractivity contribution in [1.82, 2.24) is 24.8 Å². The van der Waals surface area contributed by atoms with E-state index in [1.807, 2.05) is 22.8 Å².